The summed E-state index contributed by atoms with van der Waals surface area (Å²) >= 11 is 10.2. The molecule has 1 aliphatic carbocycles. The normalized spacial score (nSPS) is 25.9. The third-order valence-corrected chi connectivity index (χ3v) is 5.48. The van der Waals surface area contributed by atoms with E-state index in [2.05, 4.69) is 21.0 Å². The first-order valence-corrected chi connectivity index (χ1v) is 7.71. The van der Waals surface area contributed by atoms with E-state index in [0.717, 1.165) is 17.1 Å². The van der Waals surface area contributed by atoms with Gasteiger partial charge in [0, 0.05) is 11.9 Å². The number of hydrogen-bond donors (Lipinski definition) is 0. The van der Waals surface area contributed by atoms with E-state index >= 15 is 0 Å². The smallest absolute Gasteiger partial charge is 0.0847 e. The van der Waals surface area contributed by atoms with Crippen molar-refractivity contribution in [3.63, 3.8) is 0 Å². The number of alkyl halides is 1. The third kappa shape index (κ3) is 3.05. The molecule has 4 heteroatoms. The van der Waals surface area contributed by atoms with Gasteiger partial charge in [0.1, 0.15) is 0 Å². The van der Waals surface area contributed by atoms with Crippen LogP contribution in [0.15, 0.2) is 0 Å². The molecular weight excluding hydrogens is 300 g/mol. The monoisotopic (exact) mass is 318 g/mol. The molecule has 0 saturated heterocycles. The summed E-state index contributed by atoms with van der Waals surface area (Å²) in [6, 6.07) is 0. The SMILES string of the molecule is Cc1nn(C)c(CC2CCCCCC2Br)c1Cl. The van der Waals surface area contributed by atoms with Gasteiger partial charge < -0.3 is 0 Å². The molecule has 1 aromatic rings. The lowest BCUT2D eigenvalue weighted by molar-refractivity contribution is 0.461. The van der Waals surface area contributed by atoms with Crippen molar-refractivity contribution < 1.29 is 0 Å². The molecule has 1 fully saturated rings. The quantitative estimate of drug-likeness (QED) is 0.588. The second-order valence-corrected chi connectivity index (χ2v) is 6.64. The predicted octanol–water partition coefficient (Wildman–Crippen LogP) is 4.27. The van der Waals surface area contributed by atoms with Crippen LogP contribution in [-0.4, -0.2) is 14.6 Å². The minimum atomic E-state index is 0.635. The summed E-state index contributed by atoms with van der Waals surface area (Å²) < 4.78 is 1.95. The Morgan fingerprint density at radius 3 is 2.71 bits per heavy atom. The van der Waals surface area contributed by atoms with Crippen molar-refractivity contribution in [3.05, 3.63) is 16.4 Å². The first-order valence-electron chi connectivity index (χ1n) is 6.41. The van der Waals surface area contributed by atoms with Crippen molar-refractivity contribution >= 4 is 27.5 Å². The van der Waals surface area contributed by atoms with Crippen molar-refractivity contribution in [2.45, 2.75) is 50.3 Å². The van der Waals surface area contributed by atoms with Crippen molar-refractivity contribution in [2.24, 2.45) is 13.0 Å². The van der Waals surface area contributed by atoms with Crippen molar-refractivity contribution in [1.82, 2.24) is 9.78 Å². The van der Waals surface area contributed by atoms with Gasteiger partial charge in [-0.25, -0.2) is 0 Å². The minimum Gasteiger partial charge on any atom is -0.271 e. The van der Waals surface area contributed by atoms with Gasteiger partial charge in [-0.05, 0) is 32.1 Å². The van der Waals surface area contributed by atoms with Gasteiger partial charge in [0.25, 0.3) is 0 Å². The van der Waals surface area contributed by atoms with Gasteiger partial charge in [-0.3, -0.25) is 4.68 Å². The molecule has 0 aromatic carbocycles. The lowest BCUT2D eigenvalue weighted by Crippen LogP contribution is -2.17. The zero-order valence-electron chi connectivity index (χ0n) is 10.5. The number of rotatable bonds is 2. The van der Waals surface area contributed by atoms with Gasteiger partial charge in [-0.1, -0.05) is 46.8 Å². The number of nitrogens with zero attached hydrogens (tertiary/aromatic N) is 2. The van der Waals surface area contributed by atoms with E-state index < -0.39 is 0 Å². The molecule has 0 aliphatic heterocycles. The van der Waals surface area contributed by atoms with E-state index in [0.29, 0.717) is 10.7 Å². The number of hydrogen-bond acceptors (Lipinski definition) is 1. The van der Waals surface area contributed by atoms with Crippen LogP contribution in [-0.2, 0) is 13.5 Å². The Bertz CT molecular complexity index is 389. The first-order chi connectivity index (χ1) is 8.09. The summed E-state index contributed by atoms with van der Waals surface area (Å²) in [6.45, 7) is 1.98. The highest BCUT2D eigenvalue weighted by molar-refractivity contribution is 9.09. The fraction of sp³-hybridized carbons (Fsp3) is 0.769. The van der Waals surface area contributed by atoms with Crippen LogP contribution in [0.2, 0.25) is 5.02 Å². The number of halogens is 2. The molecule has 2 atom stereocenters. The molecule has 17 heavy (non-hydrogen) atoms. The molecular formula is C13H20BrClN2. The highest BCUT2D eigenvalue weighted by Gasteiger charge is 2.24. The summed E-state index contributed by atoms with van der Waals surface area (Å²) in [7, 11) is 1.99. The van der Waals surface area contributed by atoms with Gasteiger partial charge in [-0.15, -0.1) is 0 Å². The second-order valence-electron chi connectivity index (χ2n) is 5.09. The third-order valence-electron chi connectivity index (χ3n) is 3.78. The summed E-state index contributed by atoms with van der Waals surface area (Å²) in [5.74, 6) is 0.699. The summed E-state index contributed by atoms with van der Waals surface area (Å²) in [5, 5.41) is 5.25. The van der Waals surface area contributed by atoms with Crippen LogP contribution in [0.3, 0.4) is 0 Å². The van der Waals surface area contributed by atoms with Gasteiger partial charge in [0.15, 0.2) is 0 Å². The Labute approximate surface area is 117 Å². The van der Waals surface area contributed by atoms with Crippen LogP contribution in [0.25, 0.3) is 0 Å². The maximum Gasteiger partial charge on any atom is 0.0847 e. The van der Waals surface area contributed by atoms with Gasteiger partial charge >= 0.3 is 0 Å². The standard InChI is InChI=1S/C13H20BrClN2/c1-9-13(15)12(17(2)16-9)8-10-6-4-3-5-7-11(10)14/h10-11H,3-8H2,1-2H3. The zero-order valence-corrected chi connectivity index (χ0v) is 12.9. The molecule has 2 unspecified atom stereocenters. The van der Waals surface area contributed by atoms with Gasteiger partial charge in [-0.2, -0.15) is 5.10 Å². The molecule has 2 rings (SSSR count). The Hall–Kier alpha value is -0.0200. The molecule has 2 nitrogen and oxygen atoms in total. The highest BCUT2D eigenvalue weighted by atomic mass is 79.9. The van der Waals surface area contributed by atoms with Crippen LogP contribution in [0.5, 0.6) is 0 Å². The van der Waals surface area contributed by atoms with E-state index in [1.54, 1.807) is 0 Å². The molecule has 1 aromatic heterocycles. The average Bonchev–Trinajstić information content (AvgIpc) is 2.45. The summed E-state index contributed by atoms with van der Waals surface area (Å²) in [6.07, 6.45) is 7.71. The molecule has 0 N–H and O–H groups in total. The summed E-state index contributed by atoms with van der Waals surface area (Å²) in [5.41, 5.74) is 2.14. The Morgan fingerprint density at radius 2 is 2.06 bits per heavy atom. The van der Waals surface area contributed by atoms with E-state index in [9.17, 15) is 0 Å². The molecule has 1 heterocycles. The Morgan fingerprint density at radius 1 is 1.35 bits per heavy atom. The first kappa shape index (κ1) is 13.4. The lowest BCUT2D eigenvalue weighted by atomic mass is 9.94. The molecule has 0 radical (unpaired) electrons. The maximum absolute atomic E-state index is 6.32. The number of aryl methyl sites for hydroxylation is 2. The Balaban J connectivity index is 2.13. The summed E-state index contributed by atoms with van der Waals surface area (Å²) in [4.78, 5) is 0.635. The Kier molecular flexibility index (Phi) is 4.53. The van der Waals surface area contributed by atoms with Crippen LogP contribution >= 0.6 is 27.5 Å². The van der Waals surface area contributed by atoms with E-state index in [4.69, 9.17) is 11.6 Å². The second kappa shape index (κ2) is 5.75. The largest absolute Gasteiger partial charge is 0.271 e. The van der Waals surface area contributed by atoms with Crippen LogP contribution in [0, 0.1) is 12.8 Å². The lowest BCUT2D eigenvalue weighted by Gasteiger charge is -2.20. The molecule has 1 saturated carbocycles. The van der Waals surface area contributed by atoms with E-state index in [1.807, 2.05) is 18.7 Å². The highest BCUT2D eigenvalue weighted by Crippen LogP contribution is 2.33. The topological polar surface area (TPSA) is 17.8 Å². The van der Waals surface area contributed by atoms with Gasteiger partial charge in [0.2, 0.25) is 0 Å². The molecule has 0 amide bonds. The van der Waals surface area contributed by atoms with Crippen LogP contribution in [0.4, 0.5) is 0 Å². The maximum atomic E-state index is 6.32. The number of aromatic nitrogens is 2. The average molecular weight is 320 g/mol. The minimum absolute atomic E-state index is 0.635. The fourth-order valence-electron chi connectivity index (χ4n) is 2.72. The van der Waals surface area contributed by atoms with Crippen LogP contribution < -0.4 is 0 Å². The zero-order chi connectivity index (χ0) is 12.4. The van der Waals surface area contributed by atoms with Crippen LogP contribution in [0.1, 0.15) is 43.5 Å². The molecule has 0 bridgehead atoms. The van der Waals surface area contributed by atoms with Gasteiger partial charge in [0.05, 0.1) is 16.4 Å². The van der Waals surface area contributed by atoms with E-state index in [1.165, 1.54) is 37.8 Å². The van der Waals surface area contributed by atoms with Crippen molar-refractivity contribution in [2.75, 3.05) is 0 Å². The predicted molar refractivity (Wildman–Crippen MR) is 75.9 cm³/mol. The van der Waals surface area contributed by atoms with Crippen molar-refractivity contribution in [3.8, 4) is 0 Å². The van der Waals surface area contributed by atoms with E-state index in [-0.39, 0.29) is 0 Å². The fourth-order valence-corrected chi connectivity index (χ4v) is 3.73. The molecule has 0 spiro atoms. The molecule has 1 aliphatic rings. The molecule has 96 valence electrons. The van der Waals surface area contributed by atoms with Crippen molar-refractivity contribution in [1.29, 1.82) is 0 Å².